The Balaban J connectivity index is 1.48. The SMILES string of the molecule is Cc1cc2nc(-c3ccnc(OCc4ccccc4)c3)sc2c(-c2cc(F)c3c(c2C)CCCO3)c1CC(=O)O. The van der Waals surface area contributed by atoms with Crippen molar-refractivity contribution in [2.24, 2.45) is 0 Å². The van der Waals surface area contributed by atoms with Crippen molar-refractivity contribution in [1.29, 1.82) is 0 Å². The molecule has 3 aromatic carbocycles. The van der Waals surface area contributed by atoms with Gasteiger partial charge < -0.3 is 14.6 Å². The molecule has 202 valence electrons. The Morgan fingerprint density at radius 3 is 2.77 bits per heavy atom. The van der Waals surface area contributed by atoms with Crippen molar-refractivity contribution < 1.29 is 23.8 Å². The van der Waals surface area contributed by atoms with Crippen LogP contribution in [0.1, 0.15) is 34.2 Å². The number of thiazole rings is 1. The summed E-state index contributed by atoms with van der Waals surface area (Å²) in [5.41, 5.74) is 7.24. The van der Waals surface area contributed by atoms with Crippen LogP contribution in [0.3, 0.4) is 0 Å². The quantitative estimate of drug-likeness (QED) is 0.227. The molecule has 6 rings (SSSR count). The number of halogens is 1. The Bertz CT molecular complexity index is 1750. The van der Waals surface area contributed by atoms with Crippen molar-refractivity contribution >= 4 is 27.5 Å². The molecule has 1 aliphatic rings. The highest BCUT2D eigenvalue weighted by Gasteiger charge is 2.26. The number of aliphatic carboxylic acids is 1. The summed E-state index contributed by atoms with van der Waals surface area (Å²) in [4.78, 5) is 21.2. The molecule has 0 radical (unpaired) electrons. The summed E-state index contributed by atoms with van der Waals surface area (Å²) < 4.78 is 27.7. The van der Waals surface area contributed by atoms with Gasteiger partial charge in [-0.1, -0.05) is 30.3 Å². The third-order valence-corrected chi connectivity index (χ3v) is 8.39. The van der Waals surface area contributed by atoms with Crippen molar-refractivity contribution in [1.82, 2.24) is 9.97 Å². The summed E-state index contributed by atoms with van der Waals surface area (Å²) in [5.74, 6) is -0.579. The third-order valence-electron chi connectivity index (χ3n) is 7.26. The third kappa shape index (κ3) is 4.91. The molecule has 6 nitrogen and oxygen atoms in total. The van der Waals surface area contributed by atoms with Crippen LogP contribution in [0.5, 0.6) is 11.6 Å². The first kappa shape index (κ1) is 26.0. The summed E-state index contributed by atoms with van der Waals surface area (Å²) in [6.45, 7) is 4.73. The Morgan fingerprint density at radius 2 is 1.98 bits per heavy atom. The molecule has 1 aliphatic heterocycles. The summed E-state index contributed by atoms with van der Waals surface area (Å²) in [6.07, 6.45) is 3.04. The molecule has 3 heterocycles. The zero-order chi connectivity index (χ0) is 27.8. The molecule has 0 spiro atoms. The number of carbonyl (C=O) groups is 1. The van der Waals surface area contributed by atoms with Gasteiger partial charge in [-0.05, 0) is 72.7 Å². The van der Waals surface area contributed by atoms with E-state index in [2.05, 4.69) is 4.98 Å². The highest BCUT2D eigenvalue weighted by molar-refractivity contribution is 7.22. The minimum atomic E-state index is -0.942. The second kappa shape index (κ2) is 10.7. The van der Waals surface area contributed by atoms with Gasteiger partial charge >= 0.3 is 5.97 Å². The van der Waals surface area contributed by atoms with E-state index in [0.717, 1.165) is 55.0 Å². The largest absolute Gasteiger partial charge is 0.490 e. The zero-order valence-corrected chi connectivity index (χ0v) is 23.0. The number of rotatable bonds is 7. The van der Waals surface area contributed by atoms with E-state index in [9.17, 15) is 9.90 Å². The number of fused-ring (bicyclic) bond motifs is 2. The predicted octanol–water partition coefficient (Wildman–Crippen LogP) is 7.31. The van der Waals surface area contributed by atoms with Crippen LogP contribution in [0, 0.1) is 19.7 Å². The van der Waals surface area contributed by atoms with Gasteiger partial charge in [0.1, 0.15) is 11.6 Å². The van der Waals surface area contributed by atoms with Gasteiger partial charge in [-0.3, -0.25) is 4.79 Å². The Morgan fingerprint density at radius 1 is 1.15 bits per heavy atom. The van der Waals surface area contributed by atoms with Gasteiger partial charge in [0.15, 0.2) is 11.6 Å². The lowest BCUT2D eigenvalue weighted by molar-refractivity contribution is -0.136. The second-order valence-electron chi connectivity index (χ2n) is 9.93. The standard InChI is InChI=1S/C32H27FN2O4S/c1-18-13-26-31(40-32(35-26)21-10-11-34-27(14-21)39-17-20-7-4-3-5-8-20)29(23(18)16-28(36)37)24-15-25(33)30-22(19(24)2)9-6-12-38-30/h3-5,7-8,10-11,13-15H,6,9,12,16-17H2,1-2H3,(H,36,37). The Labute approximate surface area is 235 Å². The first-order chi connectivity index (χ1) is 19.4. The van der Waals surface area contributed by atoms with E-state index in [4.69, 9.17) is 14.5 Å². The van der Waals surface area contributed by atoms with Crippen LogP contribution in [0.25, 0.3) is 31.9 Å². The molecule has 0 saturated heterocycles. The number of pyridine rings is 1. The number of carboxylic acids is 1. The number of carboxylic acid groups (broad SMARTS) is 1. The lowest BCUT2D eigenvalue weighted by Crippen LogP contribution is -2.13. The summed E-state index contributed by atoms with van der Waals surface area (Å²) >= 11 is 1.46. The van der Waals surface area contributed by atoms with Gasteiger partial charge in [0, 0.05) is 29.0 Å². The molecule has 1 N–H and O–H groups in total. The minimum Gasteiger partial charge on any atom is -0.490 e. The number of aryl methyl sites for hydroxylation is 1. The molecule has 5 aromatic rings. The van der Waals surface area contributed by atoms with E-state index in [-0.39, 0.29) is 6.42 Å². The lowest BCUT2D eigenvalue weighted by atomic mass is 9.87. The smallest absolute Gasteiger partial charge is 0.307 e. The second-order valence-corrected chi connectivity index (χ2v) is 10.9. The molecule has 0 amide bonds. The Hall–Kier alpha value is -4.30. The molecule has 0 fully saturated rings. The molecule has 2 aromatic heterocycles. The maximum absolute atomic E-state index is 15.3. The first-order valence-corrected chi connectivity index (χ1v) is 13.9. The highest BCUT2D eigenvalue weighted by Crippen LogP contribution is 2.45. The molecule has 0 saturated carbocycles. The van der Waals surface area contributed by atoms with E-state index in [1.165, 1.54) is 17.4 Å². The maximum Gasteiger partial charge on any atom is 0.307 e. The van der Waals surface area contributed by atoms with E-state index < -0.39 is 11.8 Å². The Kier molecular flexibility index (Phi) is 6.94. The molecule has 0 unspecified atom stereocenters. The van der Waals surface area contributed by atoms with Crippen molar-refractivity contribution in [3.05, 3.63) is 94.4 Å². The monoisotopic (exact) mass is 554 g/mol. The van der Waals surface area contributed by atoms with Crippen molar-refractivity contribution in [3.63, 3.8) is 0 Å². The van der Waals surface area contributed by atoms with Gasteiger partial charge in [0.25, 0.3) is 0 Å². The number of hydrogen-bond donors (Lipinski definition) is 1. The molecule has 0 atom stereocenters. The van der Waals surface area contributed by atoms with Crippen LogP contribution in [0.4, 0.5) is 4.39 Å². The topological polar surface area (TPSA) is 81.5 Å². The molecular weight excluding hydrogens is 527 g/mol. The fourth-order valence-corrected chi connectivity index (χ4v) is 6.42. The van der Waals surface area contributed by atoms with Gasteiger partial charge in [0.2, 0.25) is 5.88 Å². The van der Waals surface area contributed by atoms with Crippen molar-refractivity contribution in [2.45, 2.75) is 39.7 Å². The summed E-state index contributed by atoms with van der Waals surface area (Å²) in [7, 11) is 0. The van der Waals surface area contributed by atoms with Crippen LogP contribution >= 0.6 is 11.3 Å². The lowest BCUT2D eigenvalue weighted by Gasteiger charge is -2.23. The number of aromatic nitrogens is 2. The average Bonchev–Trinajstić information content (AvgIpc) is 3.38. The van der Waals surface area contributed by atoms with Crippen LogP contribution in [-0.2, 0) is 24.2 Å². The molecule has 0 aliphatic carbocycles. The number of hydrogen-bond acceptors (Lipinski definition) is 6. The molecule has 8 heteroatoms. The van der Waals surface area contributed by atoms with Crippen LogP contribution in [0.2, 0.25) is 0 Å². The van der Waals surface area contributed by atoms with E-state index in [1.807, 2.05) is 62.4 Å². The zero-order valence-electron chi connectivity index (χ0n) is 22.2. The van der Waals surface area contributed by atoms with Gasteiger partial charge in [0.05, 0.1) is 23.2 Å². The van der Waals surface area contributed by atoms with Gasteiger partial charge in [-0.2, -0.15) is 0 Å². The fraction of sp³-hybridized carbons (Fsp3) is 0.219. The van der Waals surface area contributed by atoms with E-state index in [1.54, 1.807) is 6.20 Å². The predicted molar refractivity (Wildman–Crippen MR) is 154 cm³/mol. The van der Waals surface area contributed by atoms with Gasteiger partial charge in [-0.25, -0.2) is 14.4 Å². The average molecular weight is 555 g/mol. The van der Waals surface area contributed by atoms with E-state index in [0.29, 0.717) is 42.4 Å². The fourth-order valence-electron chi connectivity index (χ4n) is 5.29. The summed E-state index contributed by atoms with van der Waals surface area (Å²) in [6, 6.07) is 17.0. The first-order valence-electron chi connectivity index (χ1n) is 13.1. The summed E-state index contributed by atoms with van der Waals surface area (Å²) in [5, 5.41) is 10.5. The van der Waals surface area contributed by atoms with Crippen molar-refractivity contribution in [3.8, 4) is 33.3 Å². The normalized spacial score (nSPS) is 12.7. The number of benzene rings is 3. The molecular formula is C32H27FN2O4S. The number of ether oxygens (including phenoxy) is 2. The van der Waals surface area contributed by atoms with Crippen LogP contribution in [-0.4, -0.2) is 27.7 Å². The van der Waals surface area contributed by atoms with Crippen LogP contribution in [0.15, 0.2) is 60.8 Å². The van der Waals surface area contributed by atoms with Crippen LogP contribution < -0.4 is 9.47 Å². The molecule has 40 heavy (non-hydrogen) atoms. The number of nitrogens with zero attached hydrogens (tertiary/aromatic N) is 2. The molecule has 0 bridgehead atoms. The van der Waals surface area contributed by atoms with Gasteiger partial charge in [-0.15, -0.1) is 11.3 Å². The minimum absolute atomic E-state index is 0.175. The highest BCUT2D eigenvalue weighted by atomic mass is 32.1. The van der Waals surface area contributed by atoms with E-state index >= 15 is 4.39 Å². The van der Waals surface area contributed by atoms with Crippen molar-refractivity contribution in [2.75, 3.05) is 6.61 Å². The maximum atomic E-state index is 15.3.